The molecule has 1 amide bonds. The number of pyridine rings is 1. The first kappa shape index (κ1) is 8.47. The van der Waals surface area contributed by atoms with Gasteiger partial charge in [0.05, 0.1) is 11.0 Å². The summed E-state index contributed by atoms with van der Waals surface area (Å²) in [6.45, 7) is 0.729. The van der Waals surface area contributed by atoms with Gasteiger partial charge >= 0.3 is 0 Å². The monoisotopic (exact) mass is 201 g/mol. The summed E-state index contributed by atoms with van der Waals surface area (Å²) < 4.78 is 0. The molecule has 2 aromatic rings. The number of nitrogens with one attached hydrogen (secondary N) is 2. The van der Waals surface area contributed by atoms with Crippen molar-refractivity contribution in [3.05, 3.63) is 30.1 Å². The molecule has 3 rings (SSSR count). The van der Waals surface area contributed by atoms with Gasteiger partial charge in [0.1, 0.15) is 0 Å². The lowest BCUT2D eigenvalue weighted by Crippen LogP contribution is -2.13. The van der Waals surface area contributed by atoms with E-state index < -0.39 is 0 Å². The summed E-state index contributed by atoms with van der Waals surface area (Å²) in [6, 6.07) is 4.02. The molecule has 2 aromatic heterocycles. The van der Waals surface area contributed by atoms with E-state index in [9.17, 15) is 4.79 Å². The zero-order valence-electron chi connectivity index (χ0n) is 8.16. The maximum atomic E-state index is 11.1. The second-order valence-electron chi connectivity index (χ2n) is 3.88. The summed E-state index contributed by atoms with van der Waals surface area (Å²) >= 11 is 0. The van der Waals surface area contributed by atoms with Crippen LogP contribution in [0.4, 0.5) is 0 Å². The summed E-state index contributed by atoms with van der Waals surface area (Å²) in [4.78, 5) is 18.6. The molecular formula is C11H11N3O. The molecule has 0 aromatic carbocycles. The molecule has 4 heteroatoms. The maximum absolute atomic E-state index is 11.1. The van der Waals surface area contributed by atoms with Gasteiger partial charge in [0.25, 0.3) is 0 Å². The fraction of sp³-hybridized carbons (Fsp3) is 0.273. The second kappa shape index (κ2) is 3.08. The van der Waals surface area contributed by atoms with Gasteiger partial charge in [-0.15, -0.1) is 0 Å². The first-order valence-corrected chi connectivity index (χ1v) is 5.02. The Bertz CT molecular complexity index is 517. The molecule has 3 heterocycles. The third kappa shape index (κ3) is 1.38. The summed E-state index contributed by atoms with van der Waals surface area (Å²) in [5.74, 6) is 0.407. The van der Waals surface area contributed by atoms with Crippen molar-refractivity contribution in [3.8, 4) is 0 Å². The largest absolute Gasteiger partial charge is 0.360 e. The number of fused-ring (bicyclic) bond motifs is 1. The van der Waals surface area contributed by atoms with Crippen molar-refractivity contribution in [1.29, 1.82) is 0 Å². The van der Waals surface area contributed by atoms with Gasteiger partial charge in [-0.2, -0.15) is 0 Å². The van der Waals surface area contributed by atoms with Gasteiger partial charge in [0, 0.05) is 31.3 Å². The molecule has 1 fully saturated rings. The fourth-order valence-corrected chi connectivity index (χ4v) is 2.01. The zero-order valence-corrected chi connectivity index (χ0v) is 8.16. The Hall–Kier alpha value is -1.84. The van der Waals surface area contributed by atoms with Gasteiger partial charge in [0.15, 0.2) is 0 Å². The Balaban J connectivity index is 2.00. The number of hydrogen-bond acceptors (Lipinski definition) is 2. The second-order valence-corrected chi connectivity index (χ2v) is 3.88. The van der Waals surface area contributed by atoms with Crippen LogP contribution in [0, 0.1) is 0 Å². The van der Waals surface area contributed by atoms with E-state index in [-0.39, 0.29) is 11.8 Å². The SMILES string of the molecule is O=C1CC(c2cnc3cc[nH]c3c2)CN1. The van der Waals surface area contributed by atoms with Gasteiger partial charge in [0.2, 0.25) is 5.91 Å². The van der Waals surface area contributed by atoms with Gasteiger partial charge in [-0.3, -0.25) is 9.78 Å². The topological polar surface area (TPSA) is 57.8 Å². The molecule has 0 spiro atoms. The maximum Gasteiger partial charge on any atom is 0.220 e. The van der Waals surface area contributed by atoms with Crippen LogP contribution in [0.2, 0.25) is 0 Å². The minimum Gasteiger partial charge on any atom is -0.360 e. The number of carbonyl (C=O) groups is 1. The van der Waals surface area contributed by atoms with Crippen LogP contribution in [-0.4, -0.2) is 22.4 Å². The number of rotatable bonds is 1. The number of amides is 1. The molecule has 76 valence electrons. The predicted molar refractivity (Wildman–Crippen MR) is 56.5 cm³/mol. The van der Waals surface area contributed by atoms with E-state index in [1.165, 1.54) is 0 Å². The molecule has 1 atom stereocenters. The fourth-order valence-electron chi connectivity index (χ4n) is 2.01. The molecule has 0 saturated carbocycles. The summed E-state index contributed by atoms with van der Waals surface area (Å²) in [6.07, 6.45) is 4.31. The van der Waals surface area contributed by atoms with Crippen LogP contribution in [0.15, 0.2) is 24.5 Å². The Morgan fingerprint density at radius 3 is 3.20 bits per heavy atom. The summed E-state index contributed by atoms with van der Waals surface area (Å²) in [7, 11) is 0. The number of aromatic amines is 1. The van der Waals surface area contributed by atoms with Crippen molar-refractivity contribution >= 4 is 16.9 Å². The van der Waals surface area contributed by atoms with Crippen molar-refractivity contribution in [2.45, 2.75) is 12.3 Å². The highest BCUT2D eigenvalue weighted by Crippen LogP contribution is 2.24. The van der Waals surface area contributed by atoms with E-state index in [1.54, 1.807) is 0 Å². The first-order valence-electron chi connectivity index (χ1n) is 5.02. The Morgan fingerprint density at radius 1 is 1.47 bits per heavy atom. The van der Waals surface area contributed by atoms with Crippen molar-refractivity contribution in [2.24, 2.45) is 0 Å². The predicted octanol–water partition coefficient (Wildman–Crippen LogP) is 1.17. The summed E-state index contributed by atoms with van der Waals surface area (Å²) in [5.41, 5.74) is 3.13. The molecule has 15 heavy (non-hydrogen) atoms. The van der Waals surface area contributed by atoms with E-state index in [1.807, 2.05) is 18.5 Å². The van der Waals surface area contributed by atoms with Crippen molar-refractivity contribution in [3.63, 3.8) is 0 Å². The number of H-pyrrole nitrogens is 1. The first-order chi connectivity index (χ1) is 7.33. The molecule has 0 bridgehead atoms. The molecular weight excluding hydrogens is 190 g/mol. The number of nitrogens with zero attached hydrogens (tertiary/aromatic N) is 1. The molecule has 0 aliphatic carbocycles. The van der Waals surface area contributed by atoms with Gasteiger partial charge in [-0.05, 0) is 17.7 Å². The highest BCUT2D eigenvalue weighted by molar-refractivity contribution is 5.80. The van der Waals surface area contributed by atoms with Crippen LogP contribution in [0.3, 0.4) is 0 Å². The van der Waals surface area contributed by atoms with Gasteiger partial charge in [-0.25, -0.2) is 0 Å². The van der Waals surface area contributed by atoms with E-state index in [2.05, 4.69) is 21.4 Å². The third-order valence-corrected chi connectivity index (χ3v) is 2.87. The Morgan fingerprint density at radius 2 is 2.40 bits per heavy atom. The quantitative estimate of drug-likeness (QED) is 0.727. The lowest BCUT2D eigenvalue weighted by atomic mass is 10.00. The van der Waals surface area contributed by atoms with Crippen LogP contribution in [-0.2, 0) is 4.79 Å². The van der Waals surface area contributed by atoms with Crippen LogP contribution in [0.1, 0.15) is 17.9 Å². The highest BCUT2D eigenvalue weighted by Gasteiger charge is 2.23. The molecule has 1 aliphatic heterocycles. The van der Waals surface area contributed by atoms with Gasteiger partial charge in [-0.1, -0.05) is 0 Å². The average molecular weight is 201 g/mol. The lowest BCUT2D eigenvalue weighted by Gasteiger charge is -2.06. The van der Waals surface area contributed by atoms with E-state index in [0.29, 0.717) is 6.42 Å². The Labute approximate surface area is 86.7 Å². The third-order valence-electron chi connectivity index (χ3n) is 2.87. The number of carbonyl (C=O) groups excluding carboxylic acids is 1. The van der Waals surface area contributed by atoms with Crippen molar-refractivity contribution in [2.75, 3.05) is 6.54 Å². The lowest BCUT2D eigenvalue weighted by molar-refractivity contribution is -0.119. The minimum absolute atomic E-state index is 0.131. The normalized spacial score (nSPS) is 20.8. The van der Waals surface area contributed by atoms with Crippen LogP contribution in [0.5, 0.6) is 0 Å². The van der Waals surface area contributed by atoms with E-state index in [0.717, 1.165) is 23.1 Å². The van der Waals surface area contributed by atoms with Crippen molar-refractivity contribution < 1.29 is 4.79 Å². The molecule has 1 aliphatic rings. The smallest absolute Gasteiger partial charge is 0.220 e. The van der Waals surface area contributed by atoms with E-state index >= 15 is 0 Å². The van der Waals surface area contributed by atoms with Crippen LogP contribution >= 0.6 is 0 Å². The molecule has 1 unspecified atom stereocenters. The minimum atomic E-state index is 0.131. The van der Waals surface area contributed by atoms with Gasteiger partial charge < -0.3 is 10.3 Å². The Kier molecular flexibility index (Phi) is 1.74. The molecule has 0 radical (unpaired) electrons. The van der Waals surface area contributed by atoms with Crippen LogP contribution in [0.25, 0.3) is 11.0 Å². The molecule has 4 nitrogen and oxygen atoms in total. The van der Waals surface area contributed by atoms with Crippen LogP contribution < -0.4 is 5.32 Å². The average Bonchev–Trinajstić information content (AvgIpc) is 2.84. The standard InChI is InChI=1S/C11H11N3O/c15-11-4-8(6-14-11)7-3-10-9(13-5-7)1-2-12-10/h1-3,5,8,12H,4,6H2,(H,14,15). The molecule has 2 N–H and O–H groups in total. The summed E-state index contributed by atoms with van der Waals surface area (Å²) in [5, 5.41) is 2.83. The number of hydrogen-bond donors (Lipinski definition) is 2. The number of aromatic nitrogens is 2. The zero-order chi connectivity index (χ0) is 10.3. The van der Waals surface area contributed by atoms with Crippen molar-refractivity contribution in [1.82, 2.24) is 15.3 Å². The molecule has 1 saturated heterocycles. The van der Waals surface area contributed by atoms with E-state index in [4.69, 9.17) is 0 Å². The highest BCUT2D eigenvalue weighted by atomic mass is 16.1.